The lowest BCUT2D eigenvalue weighted by Gasteiger charge is -1.89. The van der Waals surface area contributed by atoms with Crippen LogP contribution in [-0.2, 0) is 4.57 Å². The molecule has 0 fully saturated rings. The van der Waals surface area contributed by atoms with Crippen molar-refractivity contribution in [1.82, 2.24) is 0 Å². The molecule has 0 saturated carbocycles. The molecule has 0 heterocycles. The highest BCUT2D eigenvalue weighted by Gasteiger charge is 2.08. The largest absolute Gasteiger partial charge is 0.394 e. The van der Waals surface area contributed by atoms with Crippen LogP contribution in [0.25, 0.3) is 0 Å². The Labute approximate surface area is 51.0 Å². The molecule has 0 aliphatic heterocycles. The molecule has 0 rings (SSSR count). The second kappa shape index (κ2) is 2.52. The van der Waals surface area contributed by atoms with Gasteiger partial charge in [0.2, 0.25) is 0 Å². The van der Waals surface area contributed by atoms with E-state index in [4.69, 9.17) is 9.79 Å². The van der Waals surface area contributed by atoms with Crippen molar-refractivity contribution in [3.05, 3.63) is 0 Å². The second-order valence-electron chi connectivity index (χ2n) is 0.560. The Balaban J connectivity index is 3.48. The van der Waals surface area contributed by atoms with Crippen LogP contribution < -0.4 is 0 Å². The minimum atomic E-state index is -3.74. The average Bonchev–Trinajstić information content (AvgIpc) is 1.35. The highest BCUT2D eigenvalue weighted by molar-refractivity contribution is 14.2. The van der Waals surface area contributed by atoms with E-state index >= 15 is 0 Å². The van der Waals surface area contributed by atoms with Crippen molar-refractivity contribution < 1.29 is 14.4 Å². The zero-order valence-corrected chi connectivity index (χ0v) is 6.40. The third kappa shape index (κ3) is 5.23. The molecule has 3 nitrogen and oxygen atoms in total. The summed E-state index contributed by atoms with van der Waals surface area (Å²) in [5.74, 6) is 0. The Morgan fingerprint density at radius 1 is 1.67 bits per heavy atom. The van der Waals surface area contributed by atoms with Gasteiger partial charge in [-0.2, -0.15) is 0 Å². The molecule has 0 radical (unpaired) electrons. The smallest absolute Gasteiger partial charge is 0.316 e. The molecule has 0 saturated heterocycles. The third-order valence-electron chi connectivity index (χ3n) is 0.0899. The zero-order chi connectivity index (χ0) is 5.21. The van der Waals surface area contributed by atoms with Crippen LogP contribution in [0.2, 0.25) is 0 Å². The first-order chi connectivity index (χ1) is 2.56. The maximum Gasteiger partial charge on any atom is 0.394 e. The predicted octanol–water partition coefficient (Wildman–Crippen LogP) is 1.16. The minimum Gasteiger partial charge on any atom is -0.316 e. The molecule has 0 atom stereocenters. The Morgan fingerprint density at radius 3 is 1.83 bits per heavy atom. The Bertz CT molecular complexity index is 74.9. The summed E-state index contributed by atoms with van der Waals surface area (Å²) < 4.78 is 9.65. The van der Waals surface area contributed by atoms with E-state index in [9.17, 15) is 4.57 Å². The van der Waals surface area contributed by atoms with Crippen LogP contribution in [0.5, 0.6) is 0 Å². The SMILES string of the molecule is O=P(O)(O)SI. The van der Waals surface area contributed by atoms with Crippen molar-refractivity contribution in [1.29, 1.82) is 0 Å². The van der Waals surface area contributed by atoms with E-state index < -0.39 is 6.80 Å². The predicted molar refractivity (Wildman–Crippen MR) is 33.7 cm³/mol. The van der Waals surface area contributed by atoms with E-state index in [0.29, 0.717) is 8.55 Å². The standard InChI is InChI=1S/H2IO3PS/c1-6-5(2,3)4/h(H2,2,3,4). The molecule has 0 bridgehead atoms. The van der Waals surface area contributed by atoms with Gasteiger partial charge < -0.3 is 9.79 Å². The lowest BCUT2D eigenvalue weighted by molar-refractivity contribution is 0.397. The Kier molecular flexibility index (Phi) is 3.03. The van der Waals surface area contributed by atoms with Crippen molar-refractivity contribution in [2.24, 2.45) is 0 Å². The number of halogens is 1. The van der Waals surface area contributed by atoms with Gasteiger partial charge >= 0.3 is 6.80 Å². The van der Waals surface area contributed by atoms with Gasteiger partial charge in [-0.05, 0) is 0 Å². The maximum atomic E-state index is 9.65. The van der Waals surface area contributed by atoms with Gasteiger partial charge in [-0.25, -0.2) is 4.57 Å². The molecule has 0 aromatic rings. The van der Waals surface area contributed by atoms with Crippen molar-refractivity contribution in [3.8, 4) is 0 Å². The molecule has 0 spiro atoms. The van der Waals surface area contributed by atoms with Crippen molar-refractivity contribution in [2.75, 3.05) is 0 Å². The second-order valence-corrected chi connectivity index (χ2v) is 7.06. The lowest BCUT2D eigenvalue weighted by atomic mass is 15.8. The van der Waals surface area contributed by atoms with Crippen LogP contribution >= 0.6 is 36.6 Å². The molecule has 0 aliphatic rings. The summed E-state index contributed by atoms with van der Waals surface area (Å²) in [4.78, 5) is 15.8. The lowest BCUT2D eigenvalue weighted by Crippen LogP contribution is -1.58. The first-order valence-electron chi connectivity index (χ1n) is 0.919. The Hall–Kier alpha value is 1.23. The molecule has 0 unspecified atom stereocenters. The van der Waals surface area contributed by atoms with Gasteiger partial charge in [0.05, 0.1) is 0 Å². The molecule has 0 aliphatic carbocycles. The first-order valence-corrected chi connectivity index (χ1v) is 6.50. The van der Waals surface area contributed by atoms with Crippen molar-refractivity contribution in [3.63, 3.8) is 0 Å². The van der Waals surface area contributed by atoms with Gasteiger partial charge in [0.15, 0.2) is 0 Å². The number of hydrogen-bond acceptors (Lipinski definition) is 2. The fourth-order valence-electron chi connectivity index (χ4n) is 0. The van der Waals surface area contributed by atoms with Gasteiger partial charge in [-0.3, -0.25) is 0 Å². The van der Waals surface area contributed by atoms with Gasteiger partial charge in [-0.15, -0.1) is 0 Å². The van der Waals surface area contributed by atoms with E-state index in [1.54, 1.807) is 21.2 Å². The molecule has 0 amide bonds. The van der Waals surface area contributed by atoms with E-state index in [0.717, 1.165) is 0 Å². The van der Waals surface area contributed by atoms with Gasteiger partial charge in [-0.1, -0.05) is 0 Å². The molecule has 38 valence electrons. The fraction of sp³-hybridized carbons (Fsp3) is 0. The average molecular weight is 240 g/mol. The van der Waals surface area contributed by atoms with Gasteiger partial charge in [0.1, 0.15) is 0 Å². The van der Waals surface area contributed by atoms with E-state index in [2.05, 4.69) is 0 Å². The quantitative estimate of drug-likeness (QED) is 0.533. The van der Waals surface area contributed by atoms with Crippen molar-refractivity contribution >= 4 is 36.6 Å². The summed E-state index contributed by atoms with van der Waals surface area (Å²) in [7, 11) is 0.519. The molecule has 2 N–H and O–H groups in total. The molecule has 0 aromatic heterocycles. The van der Waals surface area contributed by atoms with E-state index in [-0.39, 0.29) is 0 Å². The summed E-state index contributed by atoms with van der Waals surface area (Å²) in [5.41, 5.74) is 0. The first kappa shape index (κ1) is 7.23. The molecular formula is H2IO3PS. The molecule has 6 heavy (non-hydrogen) atoms. The zero-order valence-electron chi connectivity index (χ0n) is 2.54. The number of rotatable bonds is 1. The topological polar surface area (TPSA) is 57.5 Å². The molecule has 0 aromatic carbocycles. The normalized spacial score (nSPS) is 11.8. The maximum absolute atomic E-state index is 9.65. The van der Waals surface area contributed by atoms with Crippen LogP contribution in [0.1, 0.15) is 0 Å². The summed E-state index contributed by atoms with van der Waals surface area (Å²) in [6.07, 6.45) is 0. The van der Waals surface area contributed by atoms with Gasteiger partial charge in [0, 0.05) is 29.8 Å². The van der Waals surface area contributed by atoms with Crippen LogP contribution in [0.3, 0.4) is 0 Å². The third-order valence-corrected chi connectivity index (χ3v) is 5.43. The minimum absolute atomic E-state index is 0.519. The van der Waals surface area contributed by atoms with Crippen LogP contribution in [0.15, 0.2) is 0 Å². The molecular weight excluding hydrogens is 238 g/mol. The van der Waals surface area contributed by atoms with Crippen LogP contribution in [0.4, 0.5) is 0 Å². The number of hydrogen-bond donors (Lipinski definition) is 2. The summed E-state index contributed by atoms with van der Waals surface area (Å²) in [6, 6.07) is 0. The monoisotopic (exact) mass is 240 g/mol. The van der Waals surface area contributed by atoms with Gasteiger partial charge in [0.25, 0.3) is 0 Å². The van der Waals surface area contributed by atoms with Crippen LogP contribution in [-0.4, -0.2) is 9.79 Å². The Morgan fingerprint density at radius 2 is 1.83 bits per heavy atom. The highest BCUT2D eigenvalue weighted by Crippen LogP contribution is 2.54. The summed E-state index contributed by atoms with van der Waals surface area (Å²) >= 11 is 1.55. The van der Waals surface area contributed by atoms with E-state index in [1.807, 2.05) is 0 Å². The highest BCUT2D eigenvalue weighted by atomic mass is 127. The van der Waals surface area contributed by atoms with Crippen molar-refractivity contribution in [2.45, 2.75) is 0 Å². The summed E-state index contributed by atoms with van der Waals surface area (Å²) in [6.45, 7) is -3.74. The van der Waals surface area contributed by atoms with E-state index in [1.165, 1.54) is 0 Å². The fourth-order valence-corrected chi connectivity index (χ4v) is 0. The molecule has 6 heteroatoms. The van der Waals surface area contributed by atoms with Crippen LogP contribution in [0, 0.1) is 0 Å². The summed E-state index contributed by atoms with van der Waals surface area (Å²) in [5, 5.41) is 0.